The van der Waals surface area contributed by atoms with Crippen LogP contribution >= 0.6 is 0 Å². The van der Waals surface area contributed by atoms with Gasteiger partial charge in [-0.15, -0.1) is 0 Å². The minimum atomic E-state index is -0.146. The van der Waals surface area contributed by atoms with Gasteiger partial charge in [-0.3, -0.25) is 9.78 Å². The minimum Gasteiger partial charge on any atom is -0.493 e. The first kappa shape index (κ1) is 20.1. The number of anilines is 1. The molecule has 29 heavy (non-hydrogen) atoms. The maximum Gasteiger partial charge on any atom is 0.251 e. The second-order valence-corrected chi connectivity index (χ2v) is 6.33. The van der Waals surface area contributed by atoms with Crippen molar-refractivity contribution in [2.75, 3.05) is 26.1 Å². The molecule has 0 radical (unpaired) electrons. The molecule has 0 atom stereocenters. The van der Waals surface area contributed by atoms with E-state index in [1.807, 2.05) is 30.3 Å². The highest BCUT2D eigenvalue weighted by atomic mass is 16.5. The number of pyridine rings is 2. The van der Waals surface area contributed by atoms with E-state index >= 15 is 0 Å². The highest BCUT2D eigenvalue weighted by Gasteiger charge is 2.08. The maximum atomic E-state index is 12.4. The fraction of sp³-hybridized carbons (Fsp3) is 0.227. The molecular weight excluding hydrogens is 368 g/mol. The number of carbonyl (C=O) groups is 1. The van der Waals surface area contributed by atoms with Gasteiger partial charge in [-0.25, -0.2) is 4.98 Å². The third-order valence-corrected chi connectivity index (χ3v) is 4.39. The van der Waals surface area contributed by atoms with Crippen LogP contribution < -0.4 is 20.1 Å². The van der Waals surface area contributed by atoms with Gasteiger partial charge in [0.2, 0.25) is 0 Å². The largest absolute Gasteiger partial charge is 0.493 e. The molecule has 2 heterocycles. The first-order chi connectivity index (χ1) is 14.2. The van der Waals surface area contributed by atoms with E-state index in [1.165, 1.54) is 0 Å². The molecule has 0 unspecified atom stereocenters. The monoisotopic (exact) mass is 392 g/mol. The molecule has 7 nitrogen and oxygen atoms in total. The van der Waals surface area contributed by atoms with Crippen LogP contribution in [0.3, 0.4) is 0 Å². The minimum absolute atomic E-state index is 0.146. The molecule has 3 aromatic rings. The van der Waals surface area contributed by atoms with E-state index < -0.39 is 0 Å². The Balaban J connectivity index is 1.54. The van der Waals surface area contributed by atoms with Gasteiger partial charge in [-0.1, -0.05) is 6.07 Å². The Hall–Kier alpha value is -3.61. The Labute approximate surface area is 170 Å². The number of ether oxygens (including phenoxy) is 2. The van der Waals surface area contributed by atoms with Crippen LogP contribution in [0.4, 0.5) is 5.82 Å². The number of amides is 1. The molecule has 2 aromatic heterocycles. The Kier molecular flexibility index (Phi) is 7.00. The first-order valence-electron chi connectivity index (χ1n) is 9.27. The van der Waals surface area contributed by atoms with Crippen LogP contribution in [0.15, 0.2) is 61.1 Å². The molecule has 1 amide bonds. The van der Waals surface area contributed by atoms with Crippen molar-refractivity contribution >= 4 is 11.7 Å². The zero-order valence-electron chi connectivity index (χ0n) is 16.5. The van der Waals surface area contributed by atoms with Gasteiger partial charge < -0.3 is 20.1 Å². The molecule has 0 spiro atoms. The third kappa shape index (κ3) is 5.68. The van der Waals surface area contributed by atoms with Crippen LogP contribution in [0.1, 0.15) is 21.5 Å². The average molecular weight is 392 g/mol. The second-order valence-electron chi connectivity index (χ2n) is 6.33. The molecule has 2 N–H and O–H groups in total. The molecule has 7 heteroatoms. The number of benzene rings is 1. The average Bonchev–Trinajstić information content (AvgIpc) is 2.78. The number of aromatic nitrogens is 2. The van der Waals surface area contributed by atoms with Crippen LogP contribution in [-0.2, 0) is 13.0 Å². The number of nitrogens with one attached hydrogen (secondary N) is 2. The summed E-state index contributed by atoms with van der Waals surface area (Å²) in [5, 5.41) is 6.16. The van der Waals surface area contributed by atoms with Crippen molar-refractivity contribution in [3.63, 3.8) is 0 Å². The van der Waals surface area contributed by atoms with Crippen LogP contribution in [-0.4, -0.2) is 36.6 Å². The molecule has 0 saturated carbocycles. The fourth-order valence-electron chi connectivity index (χ4n) is 2.82. The van der Waals surface area contributed by atoms with Crippen molar-refractivity contribution in [1.29, 1.82) is 0 Å². The van der Waals surface area contributed by atoms with Gasteiger partial charge in [0.05, 0.1) is 14.2 Å². The lowest BCUT2D eigenvalue weighted by Crippen LogP contribution is -2.23. The van der Waals surface area contributed by atoms with E-state index in [4.69, 9.17) is 9.47 Å². The quantitative estimate of drug-likeness (QED) is 0.582. The molecular formula is C22H24N4O3. The maximum absolute atomic E-state index is 12.4. The Morgan fingerprint density at radius 3 is 2.48 bits per heavy atom. The Morgan fingerprint density at radius 1 is 0.931 bits per heavy atom. The zero-order valence-corrected chi connectivity index (χ0v) is 16.5. The van der Waals surface area contributed by atoms with Crippen molar-refractivity contribution in [1.82, 2.24) is 15.3 Å². The van der Waals surface area contributed by atoms with Crippen LogP contribution in [0.5, 0.6) is 11.5 Å². The number of carbonyl (C=O) groups excluding carboxylic acids is 1. The topological polar surface area (TPSA) is 85.4 Å². The van der Waals surface area contributed by atoms with Crippen molar-refractivity contribution in [3.05, 3.63) is 77.7 Å². The number of nitrogens with zero attached hydrogens (tertiary/aromatic N) is 2. The summed E-state index contributed by atoms with van der Waals surface area (Å²) in [6, 6.07) is 13.0. The summed E-state index contributed by atoms with van der Waals surface area (Å²) in [5.41, 5.74) is 2.67. The van der Waals surface area contributed by atoms with Gasteiger partial charge in [0.1, 0.15) is 5.82 Å². The lowest BCUT2D eigenvalue weighted by molar-refractivity contribution is 0.0951. The van der Waals surface area contributed by atoms with Crippen molar-refractivity contribution in [2.45, 2.75) is 13.0 Å². The number of hydrogen-bond acceptors (Lipinski definition) is 6. The summed E-state index contributed by atoms with van der Waals surface area (Å²) in [6.07, 6.45) is 5.81. The molecule has 0 aliphatic heterocycles. The number of rotatable bonds is 9. The summed E-state index contributed by atoms with van der Waals surface area (Å²) in [6.45, 7) is 1.12. The SMILES string of the molecule is COc1ccc(CCNc2cc(C(=O)NCc3ccncc3)ccn2)cc1OC. The van der Waals surface area contributed by atoms with Gasteiger partial charge in [0, 0.05) is 37.2 Å². The molecule has 3 rings (SSSR count). The van der Waals surface area contributed by atoms with E-state index in [0.29, 0.717) is 36.0 Å². The van der Waals surface area contributed by atoms with Gasteiger partial charge in [-0.05, 0) is 53.9 Å². The van der Waals surface area contributed by atoms with E-state index in [0.717, 1.165) is 17.5 Å². The normalized spacial score (nSPS) is 10.3. The third-order valence-electron chi connectivity index (χ3n) is 4.39. The molecule has 150 valence electrons. The molecule has 0 bridgehead atoms. The number of hydrogen-bond donors (Lipinski definition) is 2. The summed E-state index contributed by atoms with van der Waals surface area (Å²) < 4.78 is 10.6. The van der Waals surface area contributed by atoms with Gasteiger partial charge in [0.25, 0.3) is 5.91 Å². The zero-order chi connectivity index (χ0) is 20.5. The molecule has 1 aromatic carbocycles. The standard InChI is InChI=1S/C22H24N4O3/c1-28-19-4-3-16(13-20(19)29-2)7-11-24-21-14-18(8-12-25-21)22(27)26-15-17-5-9-23-10-6-17/h3-6,8-10,12-14H,7,11,15H2,1-2H3,(H,24,25)(H,26,27). The van der Waals surface area contributed by atoms with E-state index in [9.17, 15) is 4.79 Å². The highest BCUT2D eigenvalue weighted by molar-refractivity contribution is 5.94. The van der Waals surface area contributed by atoms with E-state index in [1.54, 1.807) is 44.9 Å². The van der Waals surface area contributed by atoms with Crippen molar-refractivity contribution < 1.29 is 14.3 Å². The summed E-state index contributed by atoms with van der Waals surface area (Å²) in [7, 11) is 3.24. The second kappa shape index (κ2) is 10.1. The van der Waals surface area contributed by atoms with Gasteiger partial charge in [0.15, 0.2) is 11.5 Å². The van der Waals surface area contributed by atoms with Crippen LogP contribution in [0, 0.1) is 0 Å². The highest BCUT2D eigenvalue weighted by Crippen LogP contribution is 2.27. The summed E-state index contributed by atoms with van der Waals surface area (Å²) in [4.78, 5) is 20.6. The molecule has 0 aliphatic carbocycles. The van der Waals surface area contributed by atoms with Crippen molar-refractivity contribution in [2.24, 2.45) is 0 Å². The van der Waals surface area contributed by atoms with Gasteiger partial charge >= 0.3 is 0 Å². The van der Waals surface area contributed by atoms with E-state index in [2.05, 4.69) is 20.6 Å². The number of methoxy groups -OCH3 is 2. The fourth-order valence-corrected chi connectivity index (χ4v) is 2.82. The lowest BCUT2D eigenvalue weighted by atomic mass is 10.1. The first-order valence-corrected chi connectivity index (χ1v) is 9.27. The Bertz CT molecular complexity index is 948. The predicted octanol–water partition coefficient (Wildman–Crippen LogP) is 3.08. The molecule has 0 fully saturated rings. The predicted molar refractivity (Wildman–Crippen MR) is 111 cm³/mol. The lowest BCUT2D eigenvalue weighted by Gasteiger charge is -2.11. The Morgan fingerprint density at radius 2 is 1.72 bits per heavy atom. The van der Waals surface area contributed by atoms with Crippen molar-refractivity contribution in [3.8, 4) is 11.5 Å². The summed E-state index contributed by atoms with van der Waals surface area (Å²) in [5.74, 6) is 1.92. The van der Waals surface area contributed by atoms with Crippen LogP contribution in [0.25, 0.3) is 0 Å². The smallest absolute Gasteiger partial charge is 0.251 e. The van der Waals surface area contributed by atoms with Crippen LogP contribution in [0.2, 0.25) is 0 Å². The van der Waals surface area contributed by atoms with E-state index in [-0.39, 0.29) is 5.91 Å². The van der Waals surface area contributed by atoms with Gasteiger partial charge in [-0.2, -0.15) is 0 Å². The molecule has 0 saturated heterocycles. The summed E-state index contributed by atoms with van der Waals surface area (Å²) >= 11 is 0. The molecule has 0 aliphatic rings.